The summed E-state index contributed by atoms with van der Waals surface area (Å²) in [7, 11) is 2.11. The molecule has 1 amide bonds. The lowest BCUT2D eigenvalue weighted by atomic mass is 9.49. The lowest BCUT2D eigenvalue weighted by Gasteiger charge is -2.62. The van der Waals surface area contributed by atoms with Gasteiger partial charge in [0.1, 0.15) is 11.9 Å². The van der Waals surface area contributed by atoms with Crippen LogP contribution in [0, 0.1) is 34.9 Å². The number of amides is 1. The molecule has 5 aliphatic rings. The van der Waals surface area contributed by atoms with Gasteiger partial charge >= 0.3 is 0 Å². The van der Waals surface area contributed by atoms with Crippen molar-refractivity contribution in [2.24, 2.45) is 17.8 Å². The Kier molecular flexibility index (Phi) is 4.65. The van der Waals surface area contributed by atoms with Crippen molar-refractivity contribution in [2.75, 3.05) is 25.5 Å². The third kappa shape index (κ3) is 3.17. The fourth-order valence-corrected chi connectivity index (χ4v) is 6.39. The van der Waals surface area contributed by atoms with Gasteiger partial charge in [0.25, 0.3) is 11.5 Å². The number of hydrogen-bond donors (Lipinski definition) is 2. The summed E-state index contributed by atoms with van der Waals surface area (Å²) >= 11 is 0. The molecular weight excluding hydrogens is 433 g/mol. The SMILES string of the molecule is C[C@@H](NC(=O)c1cn(C23CC(C2)C3)c(=O)cc1N[C@@H]1[C@@H]2CN(C)C[C@@H]21)c1cccc(C#N)c1F. The molecule has 4 aliphatic carbocycles. The molecule has 4 atom stereocenters. The van der Waals surface area contributed by atoms with E-state index in [2.05, 4.69) is 22.6 Å². The zero-order valence-corrected chi connectivity index (χ0v) is 19.3. The number of rotatable bonds is 6. The summed E-state index contributed by atoms with van der Waals surface area (Å²) in [6.07, 6.45) is 4.67. The van der Waals surface area contributed by atoms with Crippen LogP contribution in [0.4, 0.5) is 10.1 Å². The highest BCUT2D eigenvalue weighted by Gasteiger charge is 2.58. The molecule has 8 heteroatoms. The number of fused-ring (bicyclic) bond motifs is 1. The van der Waals surface area contributed by atoms with E-state index >= 15 is 0 Å². The van der Waals surface area contributed by atoms with Crippen LogP contribution in [-0.2, 0) is 5.54 Å². The van der Waals surface area contributed by atoms with Gasteiger partial charge in [-0.25, -0.2) is 4.39 Å². The molecular formula is C26H28FN5O2. The number of hydrogen-bond acceptors (Lipinski definition) is 5. The second-order valence-corrected chi connectivity index (χ2v) is 10.7. The van der Waals surface area contributed by atoms with Gasteiger partial charge in [-0.05, 0) is 57.1 Å². The molecule has 5 fully saturated rings. The van der Waals surface area contributed by atoms with E-state index in [4.69, 9.17) is 5.26 Å². The first-order valence-corrected chi connectivity index (χ1v) is 12.0. The fourth-order valence-electron chi connectivity index (χ4n) is 6.39. The van der Waals surface area contributed by atoms with Gasteiger partial charge in [-0.2, -0.15) is 5.26 Å². The Balaban J connectivity index is 1.30. The van der Waals surface area contributed by atoms with Crippen LogP contribution in [0.15, 0.2) is 35.3 Å². The van der Waals surface area contributed by atoms with Crippen molar-refractivity contribution in [1.29, 1.82) is 5.26 Å². The lowest BCUT2D eigenvalue weighted by molar-refractivity contribution is -0.0914. The van der Waals surface area contributed by atoms with Crippen molar-refractivity contribution >= 4 is 11.6 Å². The number of carbonyl (C=O) groups excluding carboxylic acids is 1. The summed E-state index contributed by atoms with van der Waals surface area (Å²) in [6, 6.07) is 7.63. The summed E-state index contributed by atoms with van der Waals surface area (Å²) in [5.41, 5.74) is 0.934. The molecule has 34 heavy (non-hydrogen) atoms. The summed E-state index contributed by atoms with van der Waals surface area (Å²) in [4.78, 5) is 28.8. The predicted molar refractivity (Wildman–Crippen MR) is 125 cm³/mol. The van der Waals surface area contributed by atoms with E-state index in [0.29, 0.717) is 29.0 Å². The van der Waals surface area contributed by atoms with E-state index in [1.54, 1.807) is 35.9 Å². The monoisotopic (exact) mass is 461 g/mol. The van der Waals surface area contributed by atoms with Gasteiger partial charge < -0.3 is 20.1 Å². The molecule has 2 aromatic rings. The van der Waals surface area contributed by atoms with E-state index in [9.17, 15) is 14.0 Å². The number of halogens is 1. The summed E-state index contributed by atoms with van der Waals surface area (Å²) in [5, 5.41) is 15.5. The number of benzene rings is 1. The van der Waals surface area contributed by atoms with Crippen LogP contribution in [0.5, 0.6) is 0 Å². The van der Waals surface area contributed by atoms with Crippen LogP contribution in [0.2, 0.25) is 0 Å². The Morgan fingerprint density at radius 2 is 1.97 bits per heavy atom. The minimum atomic E-state index is -0.641. The minimum Gasteiger partial charge on any atom is -0.381 e. The molecule has 0 unspecified atom stereocenters. The number of pyridine rings is 1. The number of likely N-dealkylation sites (tertiary alicyclic amines) is 1. The van der Waals surface area contributed by atoms with Gasteiger partial charge in [-0.1, -0.05) is 12.1 Å². The highest BCUT2D eigenvalue weighted by atomic mass is 19.1. The van der Waals surface area contributed by atoms with Crippen LogP contribution in [0.3, 0.4) is 0 Å². The Labute approximate surface area is 197 Å². The molecule has 1 aliphatic heterocycles. The van der Waals surface area contributed by atoms with Gasteiger partial charge in [0.2, 0.25) is 0 Å². The van der Waals surface area contributed by atoms with Crippen LogP contribution in [0.25, 0.3) is 0 Å². The van der Waals surface area contributed by atoms with Gasteiger partial charge in [0.05, 0.1) is 22.9 Å². The van der Waals surface area contributed by atoms with Gasteiger partial charge in [-0.15, -0.1) is 0 Å². The molecule has 2 N–H and O–H groups in total. The summed E-state index contributed by atoms with van der Waals surface area (Å²) in [5.74, 6) is 0.774. The average Bonchev–Trinajstić information content (AvgIpc) is 3.18. The van der Waals surface area contributed by atoms with Crippen LogP contribution >= 0.6 is 0 Å². The van der Waals surface area contributed by atoms with E-state index in [0.717, 1.165) is 32.4 Å². The molecule has 7 rings (SSSR count). The summed E-state index contributed by atoms with van der Waals surface area (Å²) < 4.78 is 16.4. The largest absolute Gasteiger partial charge is 0.381 e. The average molecular weight is 462 g/mol. The van der Waals surface area contributed by atoms with Crippen LogP contribution < -0.4 is 16.2 Å². The molecule has 1 aromatic carbocycles. The minimum absolute atomic E-state index is 0.0524. The molecule has 1 saturated heterocycles. The predicted octanol–water partition coefficient (Wildman–Crippen LogP) is 2.83. The van der Waals surface area contributed by atoms with Crippen molar-refractivity contribution < 1.29 is 9.18 Å². The first-order valence-electron chi connectivity index (χ1n) is 12.0. The smallest absolute Gasteiger partial charge is 0.255 e. The van der Waals surface area contributed by atoms with Crippen LogP contribution in [0.1, 0.15) is 53.7 Å². The molecule has 176 valence electrons. The second kappa shape index (κ2) is 7.41. The standard InChI is InChI=1S/C26H28FN5O2/c1-14(17-5-3-4-16(10-28)23(17)27)29-25(34)20-13-32(26-7-15(8-26)9-26)22(33)6-21(20)30-24-18-11-31(2)12-19(18)24/h3-6,13-15,18-19,24,30H,7-9,11-12H2,1-2H3,(H,29,34)/t14-,15?,18-,19+,24-,26?/m1/s1. The third-order valence-electron chi connectivity index (χ3n) is 8.48. The van der Waals surface area contributed by atoms with E-state index in [1.807, 2.05) is 6.07 Å². The van der Waals surface area contributed by atoms with Crippen molar-refractivity contribution in [3.63, 3.8) is 0 Å². The normalized spacial score (nSPS) is 31.5. The Morgan fingerprint density at radius 3 is 2.59 bits per heavy atom. The number of nitrogens with one attached hydrogen (secondary N) is 2. The molecule has 7 nitrogen and oxygen atoms in total. The quantitative estimate of drug-likeness (QED) is 0.691. The number of nitriles is 1. The topological polar surface area (TPSA) is 90.2 Å². The number of aromatic nitrogens is 1. The number of nitrogens with zero attached hydrogens (tertiary/aromatic N) is 3. The number of anilines is 1. The first-order chi connectivity index (χ1) is 16.3. The number of piperidine rings is 1. The van der Waals surface area contributed by atoms with Crippen molar-refractivity contribution in [1.82, 2.24) is 14.8 Å². The van der Waals surface area contributed by atoms with E-state index < -0.39 is 11.9 Å². The first kappa shape index (κ1) is 21.4. The molecule has 0 spiro atoms. The van der Waals surface area contributed by atoms with Gasteiger partial charge in [0, 0.05) is 42.5 Å². The lowest BCUT2D eigenvalue weighted by Crippen LogP contribution is -2.62. The molecule has 2 heterocycles. The van der Waals surface area contributed by atoms with E-state index in [1.165, 1.54) is 6.07 Å². The molecule has 2 bridgehead atoms. The highest BCUT2D eigenvalue weighted by Crippen LogP contribution is 2.61. The molecule has 4 saturated carbocycles. The second-order valence-electron chi connectivity index (χ2n) is 10.7. The van der Waals surface area contributed by atoms with Crippen molar-refractivity contribution in [3.8, 4) is 6.07 Å². The van der Waals surface area contributed by atoms with Gasteiger partial charge in [0.15, 0.2) is 0 Å². The third-order valence-corrected chi connectivity index (χ3v) is 8.48. The van der Waals surface area contributed by atoms with E-state index in [-0.39, 0.29) is 34.2 Å². The van der Waals surface area contributed by atoms with Crippen molar-refractivity contribution in [3.05, 3.63) is 63.3 Å². The zero-order valence-electron chi connectivity index (χ0n) is 19.3. The van der Waals surface area contributed by atoms with Crippen LogP contribution in [-0.4, -0.2) is 41.6 Å². The maximum absolute atomic E-state index is 14.7. The molecule has 0 radical (unpaired) electrons. The van der Waals surface area contributed by atoms with Gasteiger partial charge in [-0.3, -0.25) is 9.59 Å². The Bertz CT molecular complexity index is 1270. The Hall–Kier alpha value is -3.18. The maximum atomic E-state index is 14.7. The highest BCUT2D eigenvalue weighted by molar-refractivity contribution is 5.99. The maximum Gasteiger partial charge on any atom is 0.255 e. The zero-order chi connectivity index (χ0) is 23.8. The molecule has 1 aromatic heterocycles. The fraction of sp³-hybridized carbons (Fsp3) is 0.500. The summed E-state index contributed by atoms with van der Waals surface area (Å²) in [6.45, 7) is 3.72. The Morgan fingerprint density at radius 1 is 1.26 bits per heavy atom. The number of carbonyl (C=O) groups is 1. The van der Waals surface area contributed by atoms with Crippen molar-refractivity contribution in [2.45, 2.75) is 43.8 Å².